The van der Waals surface area contributed by atoms with E-state index in [-0.39, 0.29) is 20.8 Å². The highest BCUT2D eigenvalue weighted by molar-refractivity contribution is 6.48. The Morgan fingerprint density at radius 2 is 1.82 bits per heavy atom. The number of carbonyl (C=O) groups is 3. The summed E-state index contributed by atoms with van der Waals surface area (Å²) in [5, 5.41) is 1.64. The monoisotopic (exact) mass is 367 g/mol. The van der Waals surface area contributed by atoms with Gasteiger partial charge in [-0.15, -0.1) is 0 Å². The molecule has 120 valence electrons. The zero-order valence-corrected chi connectivity index (χ0v) is 13.8. The third-order valence-corrected chi connectivity index (χ3v) is 3.70. The second-order valence-corrected chi connectivity index (χ2v) is 5.67. The topological polar surface area (TPSA) is 111 Å². The molecule has 1 atom stereocenters. The van der Waals surface area contributed by atoms with E-state index in [2.05, 4.69) is 4.98 Å². The second kappa shape index (κ2) is 7.62. The first-order valence-corrected chi connectivity index (χ1v) is 7.09. The maximum atomic E-state index is 12.1. The summed E-state index contributed by atoms with van der Waals surface area (Å²) in [4.78, 5) is 38.3. The van der Waals surface area contributed by atoms with E-state index in [4.69, 9.17) is 45.3 Å². The fourth-order valence-corrected chi connectivity index (χ4v) is 2.00. The molecular formula is C12H12Cl3N3O4. The summed E-state index contributed by atoms with van der Waals surface area (Å²) in [7, 11) is 0. The standard InChI is InChI=1S/C12H12Cl3N3O4/c1-4(2)9(10(19)18-12(16)21)22-11(20)8-7(15)6(14)5(13)3-17-8/h3-4,9H,1-2H3,(H3,16,18,19,21)/t9-/m1/s1. The van der Waals surface area contributed by atoms with Crippen molar-refractivity contribution in [3.05, 3.63) is 27.0 Å². The van der Waals surface area contributed by atoms with Gasteiger partial charge in [0.2, 0.25) is 0 Å². The van der Waals surface area contributed by atoms with Crippen molar-refractivity contribution in [2.45, 2.75) is 20.0 Å². The van der Waals surface area contributed by atoms with Crippen molar-refractivity contribution in [1.29, 1.82) is 0 Å². The molecule has 0 saturated heterocycles. The van der Waals surface area contributed by atoms with Crippen LogP contribution >= 0.6 is 34.8 Å². The van der Waals surface area contributed by atoms with Crippen LogP contribution in [0.4, 0.5) is 4.79 Å². The lowest BCUT2D eigenvalue weighted by Crippen LogP contribution is -2.45. The summed E-state index contributed by atoms with van der Waals surface area (Å²) in [6.45, 7) is 3.23. The third-order valence-electron chi connectivity index (χ3n) is 2.45. The van der Waals surface area contributed by atoms with E-state index in [1.165, 1.54) is 0 Å². The number of hydrogen-bond acceptors (Lipinski definition) is 5. The summed E-state index contributed by atoms with van der Waals surface area (Å²) in [5.74, 6) is -2.27. The van der Waals surface area contributed by atoms with Gasteiger partial charge in [-0.05, 0) is 5.92 Å². The minimum absolute atomic E-state index is 0.0621. The Morgan fingerprint density at radius 3 is 2.32 bits per heavy atom. The number of nitrogens with one attached hydrogen (secondary N) is 1. The van der Waals surface area contributed by atoms with Gasteiger partial charge in [0.15, 0.2) is 11.8 Å². The number of imide groups is 1. The molecule has 0 spiro atoms. The van der Waals surface area contributed by atoms with Gasteiger partial charge in [-0.1, -0.05) is 48.7 Å². The van der Waals surface area contributed by atoms with Crippen LogP contribution in [0.15, 0.2) is 6.20 Å². The molecule has 0 unspecified atom stereocenters. The number of ether oxygens (including phenoxy) is 1. The first-order chi connectivity index (χ1) is 10.1. The quantitative estimate of drug-likeness (QED) is 0.793. The molecule has 1 aromatic heterocycles. The number of nitrogens with two attached hydrogens (primary N) is 1. The van der Waals surface area contributed by atoms with Crippen molar-refractivity contribution < 1.29 is 19.1 Å². The number of primary amides is 1. The van der Waals surface area contributed by atoms with Gasteiger partial charge in [0.25, 0.3) is 5.91 Å². The van der Waals surface area contributed by atoms with E-state index in [9.17, 15) is 14.4 Å². The van der Waals surface area contributed by atoms with Gasteiger partial charge >= 0.3 is 12.0 Å². The van der Waals surface area contributed by atoms with Crippen molar-refractivity contribution in [3.63, 3.8) is 0 Å². The SMILES string of the molecule is CC(C)[C@@H](OC(=O)c1ncc(Cl)c(Cl)c1Cl)C(=O)NC(N)=O. The first kappa shape index (κ1) is 18.5. The molecule has 0 aromatic carbocycles. The van der Waals surface area contributed by atoms with Crippen LogP contribution in [0.1, 0.15) is 24.3 Å². The van der Waals surface area contributed by atoms with E-state index >= 15 is 0 Å². The van der Waals surface area contributed by atoms with Crippen LogP contribution in [0, 0.1) is 5.92 Å². The molecule has 0 radical (unpaired) electrons. The Morgan fingerprint density at radius 1 is 1.23 bits per heavy atom. The minimum Gasteiger partial charge on any atom is -0.447 e. The Labute approximate surface area is 141 Å². The maximum absolute atomic E-state index is 12.1. The minimum atomic E-state index is -1.26. The molecule has 1 heterocycles. The van der Waals surface area contributed by atoms with E-state index in [0.29, 0.717) is 0 Å². The molecule has 22 heavy (non-hydrogen) atoms. The Balaban J connectivity index is 3.00. The smallest absolute Gasteiger partial charge is 0.359 e. The largest absolute Gasteiger partial charge is 0.447 e. The number of urea groups is 1. The zero-order valence-electron chi connectivity index (χ0n) is 11.5. The second-order valence-electron chi connectivity index (χ2n) is 4.51. The fourth-order valence-electron chi connectivity index (χ4n) is 1.44. The van der Waals surface area contributed by atoms with Crippen LogP contribution in [0.25, 0.3) is 0 Å². The number of nitrogens with zero attached hydrogens (tertiary/aromatic N) is 1. The third kappa shape index (κ3) is 4.46. The maximum Gasteiger partial charge on any atom is 0.359 e. The molecule has 3 amide bonds. The molecule has 0 bridgehead atoms. The molecular weight excluding hydrogens is 357 g/mol. The highest BCUT2D eigenvalue weighted by atomic mass is 35.5. The Bertz CT molecular complexity index is 622. The van der Waals surface area contributed by atoms with Crippen molar-refractivity contribution in [1.82, 2.24) is 10.3 Å². The molecule has 0 aliphatic heterocycles. The number of halogens is 3. The number of esters is 1. The van der Waals surface area contributed by atoms with Gasteiger partial charge in [-0.3, -0.25) is 10.1 Å². The van der Waals surface area contributed by atoms with Crippen molar-refractivity contribution >= 4 is 52.7 Å². The normalized spacial score (nSPS) is 11.9. The number of hydrogen-bond donors (Lipinski definition) is 2. The van der Waals surface area contributed by atoms with E-state index in [0.717, 1.165) is 6.20 Å². The zero-order chi connectivity index (χ0) is 17.0. The van der Waals surface area contributed by atoms with Gasteiger partial charge in [-0.25, -0.2) is 14.6 Å². The number of pyridine rings is 1. The average Bonchev–Trinajstić information content (AvgIpc) is 2.40. The molecule has 0 saturated carbocycles. The average molecular weight is 369 g/mol. The summed E-state index contributed by atoms with van der Waals surface area (Å²) >= 11 is 17.4. The lowest BCUT2D eigenvalue weighted by Gasteiger charge is -2.19. The molecule has 1 aromatic rings. The lowest BCUT2D eigenvalue weighted by molar-refractivity contribution is -0.130. The van der Waals surface area contributed by atoms with Crippen LogP contribution < -0.4 is 11.1 Å². The fraction of sp³-hybridized carbons (Fsp3) is 0.333. The molecule has 0 aliphatic carbocycles. The van der Waals surface area contributed by atoms with Crippen LogP contribution in [0.3, 0.4) is 0 Å². The molecule has 3 N–H and O–H groups in total. The van der Waals surface area contributed by atoms with Crippen LogP contribution in [-0.4, -0.2) is 29.0 Å². The van der Waals surface area contributed by atoms with Gasteiger partial charge < -0.3 is 10.5 Å². The Hall–Kier alpha value is -1.57. The predicted molar refractivity (Wildman–Crippen MR) is 81.0 cm³/mol. The number of aromatic nitrogens is 1. The summed E-state index contributed by atoms with van der Waals surface area (Å²) in [6, 6.07) is -1.06. The highest BCUT2D eigenvalue weighted by Crippen LogP contribution is 2.31. The number of amides is 3. The molecule has 0 fully saturated rings. The molecule has 1 rings (SSSR count). The van der Waals surface area contributed by atoms with Gasteiger partial charge in [0.1, 0.15) is 0 Å². The summed E-state index contributed by atoms with van der Waals surface area (Å²) in [6.07, 6.45) is -0.132. The summed E-state index contributed by atoms with van der Waals surface area (Å²) in [5.41, 5.74) is 4.56. The van der Waals surface area contributed by atoms with E-state index in [1.807, 2.05) is 5.32 Å². The van der Waals surface area contributed by atoms with Gasteiger partial charge in [0.05, 0.1) is 15.1 Å². The van der Waals surface area contributed by atoms with Crippen molar-refractivity contribution in [2.75, 3.05) is 0 Å². The lowest BCUT2D eigenvalue weighted by atomic mass is 10.1. The van der Waals surface area contributed by atoms with E-state index in [1.54, 1.807) is 13.8 Å². The van der Waals surface area contributed by atoms with Gasteiger partial charge in [0, 0.05) is 6.20 Å². The van der Waals surface area contributed by atoms with Crippen LogP contribution in [0.5, 0.6) is 0 Å². The molecule has 7 nitrogen and oxygen atoms in total. The molecule has 0 aliphatic rings. The predicted octanol–water partition coefficient (Wildman–Crippen LogP) is 2.42. The van der Waals surface area contributed by atoms with Crippen molar-refractivity contribution in [2.24, 2.45) is 11.7 Å². The first-order valence-electron chi connectivity index (χ1n) is 5.96. The van der Waals surface area contributed by atoms with Crippen LogP contribution in [-0.2, 0) is 9.53 Å². The number of rotatable bonds is 4. The highest BCUT2D eigenvalue weighted by Gasteiger charge is 2.29. The Kier molecular flexibility index (Phi) is 6.40. The number of carbonyl (C=O) groups excluding carboxylic acids is 3. The molecule has 10 heteroatoms. The van der Waals surface area contributed by atoms with E-state index < -0.39 is 29.9 Å². The van der Waals surface area contributed by atoms with Crippen molar-refractivity contribution in [3.8, 4) is 0 Å². The van der Waals surface area contributed by atoms with Crippen LogP contribution in [0.2, 0.25) is 15.1 Å². The summed E-state index contributed by atoms with van der Waals surface area (Å²) < 4.78 is 5.03. The van der Waals surface area contributed by atoms with Gasteiger partial charge in [-0.2, -0.15) is 0 Å².